The highest BCUT2D eigenvalue weighted by Gasteiger charge is 2.20. The third-order valence-electron chi connectivity index (χ3n) is 3.98. The van der Waals surface area contributed by atoms with Gasteiger partial charge in [0.15, 0.2) is 0 Å². The SMILES string of the molecule is CCC(C)(CCO)NCc1ccc(F)c(-c2cccs2)c1. The molecule has 1 heterocycles. The molecule has 0 radical (unpaired) electrons. The van der Waals surface area contributed by atoms with Crippen molar-refractivity contribution in [2.45, 2.75) is 38.8 Å². The molecular formula is C17H22FNOS. The van der Waals surface area contributed by atoms with Crippen LogP contribution >= 0.6 is 11.3 Å². The van der Waals surface area contributed by atoms with Crippen molar-refractivity contribution in [3.8, 4) is 10.4 Å². The summed E-state index contributed by atoms with van der Waals surface area (Å²) in [5, 5.41) is 14.6. The molecule has 2 nitrogen and oxygen atoms in total. The molecule has 21 heavy (non-hydrogen) atoms. The van der Waals surface area contributed by atoms with Crippen LogP contribution in [0.5, 0.6) is 0 Å². The molecule has 114 valence electrons. The van der Waals surface area contributed by atoms with Gasteiger partial charge in [-0.15, -0.1) is 11.3 Å². The highest BCUT2D eigenvalue weighted by atomic mass is 32.1. The first-order valence-electron chi connectivity index (χ1n) is 7.26. The molecule has 0 saturated heterocycles. The van der Waals surface area contributed by atoms with E-state index in [1.165, 1.54) is 6.07 Å². The largest absolute Gasteiger partial charge is 0.396 e. The van der Waals surface area contributed by atoms with Crippen LogP contribution in [0.4, 0.5) is 4.39 Å². The molecule has 0 amide bonds. The summed E-state index contributed by atoms with van der Waals surface area (Å²) in [6.45, 7) is 5.04. The smallest absolute Gasteiger partial charge is 0.131 e. The van der Waals surface area contributed by atoms with Crippen LogP contribution in [0.2, 0.25) is 0 Å². The summed E-state index contributed by atoms with van der Waals surface area (Å²) in [6, 6.07) is 9.11. The maximum absolute atomic E-state index is 13.9. The van der Waals surface area contributed by atoms with Gasteiger partial charge in [0.1, 0.15) is 5.82 Å². The van der Waals surface area contributed by atoms with E-state index >= 15 is 0 Å². The number of halogens is 1. The minimum Gasteiger partial charge on any atom is -0.396 e. The Kier molecular flexibility index (Phi) is 5.51. The maximum Gasteiger partial charge on any atom is 0.131 e. The summed E-state index contributed by atoms with van der Waals surface area (Å²) in [6.07, 6.45) is 1.65. The summed E-state index contributed by atoms with van der Waals surface area (Å²) in [7, 11) is 0. The fourth-order valence-corrected chi connectivity index (χ4v) is 3.00. The zero-order chi connectivity index (χ0) is 15.3. The van der Waals surface area contributed by atoms with Crippen molar-refractivity contribution in [2.24, 2.45) is 0 Å². The van der Waals surface area contributed by atoms with Crippen LogP contribution in [0.15, 0.2) is 35.7 Å². The molecule has 4 heteroatoms. The van der Waals surface area contributed by atoms with E-state index in [1.807, 2.05) is 29.6 Å². The van der Waals surface area contributed by atoms with E-state index in [4.69, 9.17) is 5.11 Å². The Labute approximate surface area is 129 Å². The van der Waals surface area contributed by atoms with Crippen molar-refractivity contribution in [2.75, 3.05) is 6.61 Å². The number of rotatable bonds is 7. The summed E-state index contributed by atoms with van der Waals surface area (Å²) >= 11 is 1.54. The number of hydrogen-bond acceptors (Lipinski definition) is 3. The molecule has 2 rings (SSSR count). The van der Waals surface area contributed by atoms with Gasteiger partial charge >= 0.3 is 0 Å². The molecule has 0 fully saturated rings. The van der Waals surface area contributed by atoms with Crippen molar-refractivity contribution < 1.29 is 9.50 Å². The first-order valence-corrected chi connectivity index (χ1v) is 8.14. The molecule has 2 N–H and O–H groups in total. The quantitative estimate of drug-likeness (QED) is 0.803. The molecule has 1 atom stereocenters. The fourth-order valence-electron chi connectivity index (χ4n) is 2.26. The Balaban J connectivity index is 2.13. The van der Waals surface area contributed by atoms with Gasteiger partial charge in [0, 0.05) is 29.1 Å². The summed E-state index contributed by atoms with van der Waals surface area (Å²) in [4.78, 5) is 0.947. The number of aliphatic hydroxyl groups excluding tert-OH is 1. The van der Waals surface area contributed by atoms with Gasteiger partial charge < -0.3 is 10.4 Å². The van der Waals surface area contributed by atoms with Gasteiger partial charge in [-0.1, -0.05) is 19.1 Å². The predicted octanol–water partition coefficient (Wildman–Crippen LogP) is 4.19. The van der Waals surface area contributed by atoms with E-state index in [0.717, 1.165) is 16.9 Å². The van der Waals surface area contributed by atoms with Gasteiger partial charge in [0.2, 0.25) is 0 Å². The average Bonchev–Trinajstić information content (AvgIpc) is 3.01. The van der Waals surface area contributed by atoms with Gasteiger partial charge in [-0.05, 0) is 48.9 Å². The van der Waals surface area contributed by atoms with Crippen LogP contribution in [0, 0.1) is 5.82 Å². The average molecular weight is 307 g/mol. The normalized spacial score (nSPS) is 14.1. The van der Waals surface area contributed by atoms with E-state index in [1.54, 1.807) is 11.3 Å². The molecule has 0 saturated carbocycles. The standard InChI is InChI=1S/C17H22FNOS/c1-3-17(2,8-9-20)19-12-13-6-7-15(18)14(11-13)16-5-4-10-21-16/h4-7,10-11,19-20H,3,8-9,12H2,1-2H3. The third-order valence-corrected chi connectivity index (χ3v) is 4.88. The molecule has 0 aliphatic rings. The number of benzene rings is 1. The van der Waals surface area contributed by atoms with Crippen molar-refractivity contribution in [1.82, 2.24) is 5.32 Å². The lowest BCUT2D eigenvalue weighted by Crippen LogP contribution is -2.42. The predicted molar refractivity (Wildman–Crippen MR) is 87.0 cm³/mol. The Hall–Kier alpha value is -1.23. The lowest BCUT2D eigenvalue weighted by molar-refractivity contribution is 0.214. The van der Waals surface area contributed by atoms with E-state index in [-0.39, 0.29) is 18.0 Å². The topological polar surface area (TPSA) is 32.3 Å². The number of aliphatic hydroxyl groups is 1. The van der Waals surface area contributed by atoms with Crippen molar-refractivity contribution in [1.29, 1.82) is 0 Å². The number of hydrogen-bond donors (Lipinski definition) is 2. The second kappa shape index (κ2) is 7.16. The number of nitrogens with one attached hydrogen (secondary N) is 1. The van der Waals surface area contributed by atoms with Crippen LogP contribution in [-0.4, -0.2) is 17.3 Å². The van der Waals surface area contributed by atoms with Crippen molar-refractivity contribution >= 4 is 11.3 Å². The van der Waals surface area contributed by atoms with Gasteiger partial charge in [-0.2, -0.15) is 0 Å². The Morgan fingerprint density at radius 1 is 1.33 bits per heavy atom. The molecular weight excluding hydrogens is 285 g/mol. The van der Waals surface area contributed by atoms with Gasteiger partial charge in [0.05, 0.1) is 0 Å². The third kappa shape index (κ3) is 4.13. The Morgan fingerprint density at radius 3 is 2.76 bits per heavy atom. The Bertz CT molecular complexity index is 570. The van der Waals surface area contributed by atoms with Crippen LogP contribution in [0.1, 0.15) is 32.3 Å². The van der Waals surface area contributed by atoms with Crippen molar-refractivity contribution in [3.63, 3.8) is 0 Å². The molecule has 0 bridgehead atoms. The molecule has 0 spiro atoms. The van der Waals surface area contributed by atoms with Gasteiger partial charge in [0.25, 0.3) is 0 Å². The highest BCUT2D eigenvalue weighted by molar-refractivity contribution is 7.13. The van der Waals surface area contributed by atoms with Gasteiger partial charge in [-0.25, -0.2) is 4.39 Å². The van der Waals surface area contributed by atoms with Crippen molar-refractivity contribution in [3.05, 3.63) is 47.1 Å². The lowest BCUT2D eigenvalue weighted by atomic mass is 9.94. The van der Waals surface area contributed by atoms with E-state index in [9.17, 15) is 4.39 Å². The molecule has 1 unspecified atom stereocenters. The summed E-state index contributed by atoms with van der Waals surface area (Å²) in [5.74, 6) is -0.185. The van der Waals surface area contributed by atoms with E-state index in [2.05, 4.69) is 19.2 Å². The molecule has 1 aromatic heterocycles. The maximum atomic E-state index is 13.9. The van der Waals surface area contributed by atoms with Gasteiger partial charge in [-0.3, -0.25) is 0 Å². The van der Waals surface area contributed by atoms with E-state index < -0.39 is 0 Å². The first kappa shape index (κ1) is 16.1. The molecule has 2 aromatic rings. The lowest BCUT2D eigenvalue weighted by Gasteiger charge is -2.29. The fraction of sp³-hybridized carbons (Fsp3) is 0.412. The van der Waals surface area contributed by atoms with E-state index in [0.29, 0.717) is 18.5 Å². The van der Waals surface area contributed by atoms with Crippen LogP contribution in [-0.2, 0) is 6.54 Å². The molecule has 1 aromatic carbocycles. The first-order chi connectivity index (χ1) is 10.1. The molecule has 0 aliphatic heterocycles. The van der Waals surface area contributed by atoms with Crippen LogP contribution in [0.3, 0.4) is 0 Å². The monoisotopic (exact) mass is 307 g/mol. The zero-order valence-corrected chi connectivity index (χ0v) is 13.3. The van der Waals surface area contributed by atoms with Crippen LogP contribution < -0.4 is 5.32 Å². The summed E-state index contributed by atoms with van der Waals surface area (Å²) in [5.41, 5.74) is 1.62. The Morgan fingerprint density at radius 2 is 2.14 bits per heavy atom. The number of thiophene rings is 1. The summed E-state index contributed by atoms with van der Waals surface area (Å²) < 4.78 is 13.9. The zero-order valence-electron chi connectivity index (χ0n) is 12.5. The van der Waals surface area contributed by atoms with Crippen LogP contribution in [0.25, 0.3) is 10.4 Å². The minimum absolute atomic E-state index is 0.0910. The highest BCUT2D eigenvalue weighted by Crippen LogP contribution is 2.28. The minimum atomic E-state index is -0.185. The second-order valence-electron chi connectivity index (χ2n) is 5.53. The molecule has 0 aliphatic carbocycles. The second-order valence-corrected chi connectivity index (χ2v) is 6.48.